The van der Waals surface area contributed by atoms with E-state index in [2.05, 4.69) is 12.2 Å². The van der Waals surface area contributed by atoms with Gasteiger partial charge in [-0.25, -0.2) is 0 Å². The van der Waals surface area contributed by atoms with E-state index >= 15 is 0 Å². The second-order valence-electron chi connectivity index (χ2n) is 7.00. The molecule has 0 aromatic heterocycles. The Bertz CT molecular complexity index is 258. The fourth-order valence-electron chi connectivity index (χ4n) is 4.03. The molecule has 0 aromatic rings. The van der Waals surface area contributed by atoms with E-state index < -0.39 is 0 Å². The Labute approximate surface area is 112 Å². The molecular weight excluding hydrogens is 222 g/mol. The van der Waals surface area contributed by atoms with Crippen LogP contribution in [0, 0.1) is 23.7 Å². The van der Waals surface area contributed by atoms with Crippen LogP contribution in [0.2, 0.25) is 0 Å². The summed E-state index contributed by atoms with van der Waals surface area (Å²) in [7, 11) is 0. The molecule has 1 heterocycles. The van der Waals surface area contributed by atoms with Crippen molar-refractivity contribution in [2.75, 3.05) is 19.8 Å². The van der Waals surface area contributed by atoms with Gasteiger partial charge in [-0.2, -0.15) is 0 Å². The molecule has 1 saturated heterocycles. The van der Waals surface area contributed by atoms with Crippen LogP contribution in [-0.2, 0) is 4.74 Å². The fraction of sp³-hybridized carbons (Fsp3) is 1.00. The van der Waals surface area contributed by atoms with Gasteiger partial charge >= 0.3 is 0 Å². The van der Waals surface area contributed by atoms with Crippen molar-refractivity contribution in [3.05, 3.63) is 0 Å². The van der Waals surface area contributed by atoms with Gasteiger partial charge in [0.15, 0.2) is 0 Å². The molecule has 0 radical (unpaired) electrons. The molecule has 0 spiro atoms. The van der Waals surface area contributed by atoms with Gasteiger partial charge in [-0.15, -0.1) is 0 Å². The van der Waals surface area contributed by atoms with E-state index in [0.29, 0.717) is 0 Å². The van der Waals surface area contributed by atoms with Gasteiger partial charge in [0.2, 0.25) is 0 Å². The average Bonchev–Trinajstić information content (AvgIpc) is 3.22. The summed E-state index contributed by atoms with van der Waals surface area (Å²) in [5.74, 6) is 3.65. The van der Waals surface area contributed by atoms with Crippen LogP contribution in [0.3, 0.4) is 0 Å². The summed E-state index contributed by atoms with van der Waals surface area (Å²) in [5, 5.41) is 3.77. The van der Waals surface area contributed by atoms with Crippen LogP contribution in [0.1, 0.15) is 51.9 Å². The van der Waals surface area contributed by atoms with E-state index in [9.17, 15) is 0 Å². The maximum Gasteiger partial charge on any atom is 0.0497 e. The van der Waals surface area contributed by atoms with E-state index in [0.717, 1.165) is 42.9 Å². The molecule has 104 valence electrons. The largest absolute Gasteiger partial charge is 0.381 e. The van der Waals surface area contributed by atoms with Crippen LogP contribution in [0.4, 0.5) is 0 Å². The molecule has 0 amide bonds. The summed E-state index contributed by atoms with van der Waals surface area (Å²) in [6.07, 6.45) is 9.88. The second-order valence-corrected chi connectivity index (χ2v) is 7.00. The minimum absolute atomic E-state index is 0.854. The Morgan fingerprint density at radius 2 is 2.00 bits per heavy atom. The highest BCUT2D eigenvalue weighted by molar-refractivity contribution is 4.88. The van der Waals surface area contributed by atoms with E-state index in [-0.39, 0.29) is 0 Å². The molecule has 3 rings (SSSR count). The van der Waals surface area contributed by atoms with Crippen LogP contribution >= 0.6 is 0 Å². The molecule has 2 heteroatoms. The van der Waals surface area contributed by atoms with Crippen molar-refractivity contribution in [3.63, 3.8) is 0 Å². The number of hydrogen-bond acceptors (Lipinski definition) is 2. The first-order valence-electron chi connectivity index (χ1n) is 8.14. The third-order valence-corrected chi connectivity index (χ3v) is 5.36. The molecule has 4 atom stereocenters. The molecule has 2 aliphatic carbocycles. The topological polar surface area (TPSA) is 21.3 Å². The van der Waals surface area contributed by atoms with E-state index in [4.69, 9.17) is 4.74 Å². The molecule has 4 unspecified atom stereocenters. The molecule has 1 N–H and O–H groups in total. The Morgan fingerprint density at radius 1 is 1.11 bits per heavy atom. The number of hydrogen-bond donors (Lipinski definition) is 1. The third kappa shape index (κ3) is 3.27. The smallest absolute Gasteiger partial charge is 0.0497 e. The van der Waals surface area contributed by atoms with E-state index in [1.807, 2.05) is 0 Å². The fourth-order valence-corrected chi connectivity index (χ4v) is 4.03. The Kier molecular flexibility index (Phi) is 4.25. The predicted molar refractivity (Wildman–Crippen MR) is 74.6 cm³/mol. The summed E-state index contributed by atoms with van der Waals surface area (Å²) >= 11 is 0. The SMILES string of the molecule is CC1CCC(CNC2CC2)C(C2CCCOC2)C1. The van der Waals surface area contributed by atoms with Gasteiger partial charge in [-0.1, -0.05) is 13.3 Å². The highest BCUT2D eigenvalue weighted by Crippen LogP contribution is 2.40. The standard InChI is InChI=1S/C16H29NO/c1-12-4-5-13(10-17-15-6-7-15)16(9-12)14-3-2-8-18-11-14/h12-17H,2-11H2,1H3. The zero-order valence-electron chi connectivity index (χ0n) is 11.9. The third-order valence-electron chi connectivity index (χ3n) is 5.36. The maximum atomic E-state index is 5.74. The summed E-state index contributed by atoms with van der Waals surface area (Å²) < 4.78 is 5.74. The minimum atomic E-state index is 0.854. The van der Waals surface area contributed by atoms with Crippen molar-refractivity contribution in [2.45, 2.75) is 57.9 Å². The Hall–Kier alpha value is -0.0800. The quantitative estimate of drug-likeness (QED) is 0.828. The molecule has 3 fully saturated rings. The van der Waals surface area contributed by atoms with Gasteiger partial charge in [0.05, 0.1) is 0 Å². The van der Waals surface area contributed by atoms with Crippen molar-refractivity contribution in [1.82, 2.24) is 5.32 Å². The molecule has 1 aliphatic heterocycles. The summed E-state index contributed by atoms with van der Waals surface area (Å²) in [5.41, 5.74) is 0. The maximum absolute atomic E-state index is 5.74. The summed E-state index contributed by atoms with van der Waals surface area (Å²) in [6, 6.07) is 0.868. The molecule has 0 aromatic carbocycles. The van der Waals surface area contributed by atoms with Crippen LogP contribution in [0.15, 0.2) is 0 Å². The summed E-state index contributed by atoms with van der Waals surface area (Å²) in [4.78, 5) is 0. The highest BCUT2D eigenvalue weighted by atomic mass is 16.5. The average molecular weight is 251 g/mol. The summed E-state index contributed by atoms with van der Waals surface area (Å²) in [6.45, 7) is 5.76. The number of nitrogens with one attached hydrogen (secondary N) is 1. The van der Waals surface area contributed by atoms with Gasteiger partial charge < -0.3 is 10.1 Å². The normalized spacial score (nSPS) is 41.8. The van der Waals surface area contributed by atoms with Crippen molar-refractivity contribution in [1.29, 1.82) is 0 Å². The molecule has 18 heavy (non-hydrogen) atoms. The highest BCUT2D eigenvalue weighted by Gasteiger charge is 2.35. The van der Waals surface area contributed by atoms with Crippen LogP contribution in [0.5, 0.6) is 0 Å². The Balaban J connectivity index is 1.56. The van der Waals surface area contributed by atoms with Crippen molar-refractivity contribution in [2.24, 2.45) is 23.7 Å². The first-order chi connectivity index (χ1) is 8.83. The lowest BCUT2D eigenvalue weighted by Crippen LogP contribution is -2.39. The zero-order valence-corrected chi connectivity index (χ0v) is 11.9. The predicted octanol–water partition coefficient (Wildman–Crippen LogP) is 3.22. The second kappa shape index (κ2) is 5.92. The first kappa shape index (κ1) is 12.9. The first-order valence-corrected chi connectivity index (χ1v) is 8.14. The van der Waals surface area contributed by atoms with Gasteiger partial charge in [0, 0.05) is 19.3 Å². The van der Waals surface area contributed by atoms with Crippen molar-refractivity contribution < 1.29 is 4.74 Å². The van der Waals surface area contributed by atoms with E-state index in [1.54, 1.807) is 0 Å². The monoisotopic (exact) mass is 251 g/mol. The molecular formula is C16H29NO. The van der Waals surface area contributed by atoms with Crippen molar-refractivity contribution >= 4 is 0 Å². The van der Waals surface area contributed by atoms with Crippen LogP contribution in [0.25, 0.3) is 0 Å². The van der Waals surface area contributed by atoms with Gasteiger partial charge in [-0.3, -0.25) is 0 Å². The minimum Gasteiger partial charge on any atom is -0.381 e. The van der Waals surface area contributed by atoms with Crippen molar-refractivity contribution in [3.8, 4) is 0 Å². The molecule has 2 saturated carbocycles. The van der Waals surface area contributed by atoms with Crippen LogP contribution < -0.4 is 5.32 Å². The molecule has 2 nitrogen and oxygen atoms in total. The lowest BCUT2D eigenvalue weighted by atomic mass is 9.68. The number of rotatable bonds is 4. The van der Waals surface area contributed by atoms with Gasteiger partial charge in [0.1, 0.15) is 0 Å². The van der Waals surface area contributed by atoms with E-state index in [1.165, 1.54) is 51.5 Å². The molecule has 3 aliphatic rings. The van der Waals surface area contributed by atoms with Gasteiger partial charge in [0.25, 0.3) is 0 Å². The molecule has 0 bridgehead atoms. The lowest BCUT2D eigenvalue weighted by molar-refractivity contribution is -0.00138. The number of ether oxygens (including phenoxy) is 1. The van der Waals surface area contributed by atoms with Crippen LogP contribution in [-0.4, -0.2) is 25.8 Å². The lowest BCUT2D eigenvalue weighted by Gasteiger charge is -2.41. The Morgan fingerprint density at radius 3 is 2.72 bits per heavy atom. The van der Waals surface area contributed by atoms with Gasteiger partial charge in [-0.05, 0) is 68.7 Å². The zero-order chi connectivity index (χ0) is 12.4.